The fraction of sp³-hybridized carbons (Fsp3) is 0.579. The van der Waals surface area contributed by atoms with E-state index in [9.17, 15) is 18.0 Å². The summed E-state index contributed by atoms with van der Waals surface area (Å²) in [6, 6.07) is 4.52. The summed E-state index contributed by atoms with van der Waals surface area (Å²) in [6.45, 7) is 6.96. The van der Waals surface area contributed by atoms with Crippen LogP contribution in [0.1, 0.15) is 58.6 Å². The summed E-state index contributed by atoms with van der Waals surface area (Å²) in [5.74, 6) is 0.594. The first-order valence-electron chi connectivity index (χ1n) is 9.02. The zero-order valence-electron chi connectivity index (χ0n) is 16.3. The van der Waals surface area contributed by atoms with Crippen molar-refractivity contribution in [3.63, 3.8) is 0 Å². The Bertz CT molecular complexity index is 732. The Kier molecular flexibility index (Phi) is 6.80. The molecule has 28 heavy (non-hydrogen) atoms. The zero-order valence-corrected chi connectivity index (χ0v) is 17.1. The predicted octanol–water partition coefficient (Wildman–Crippen LogP) is 5.51. The Morgan fingerprint density at radius 3 is 2.64 bits per heavy atom. The van der Waals surface area contributed by atoms with Crippen LogP contribution in [0.25, 0.3) is 0 Å². The second kappa shape index (κ2) is 8.55. The van der Waals surface area contributed by atoms with E-state index in [0.717, 1.165) is 0 Å². The number of fused-ring (bicyclic) bond motifs is 1. The lowest BCUT2D eigenvalue weighted by molar-refractivity contribution is -0.135. The summed E-state index contributed by atoms with van der Waals surface area (Å²) >= 11 is 5.20. The third-order valence-electron chi connectivity index (χ3n) is 3.98. The first-order chi connectivity index (χ1) is 12.8. The molecule has 2 N–H and O–H groups in total. The fourth-order valence-electron chi connectivity index (χ4n) is 2.72. The third kappa shape index (κ3) is 6.85. The molecule has 0 saturated carbocycles. The lowest BCUT2D eigenvalue weighted by atomic mass is 9.99. The van der Waals surface area contributed by atoms with Crippen molar-refractivity contribution < 1.29 is 27.4 Å². The molecule has 0 saturated heterocycles. The molecule has 1 aliphatic heterocycles. The van der Waals surface area contributed by atoms with E-state index in [1.807, 2.05) is 6.92 Å². The molecule has 0 fully saturated rings. The van der Waals surface area contributed by atoms with E-state index < -0.39 is 30.3 Å². The average Bonchev–Trinajstić information content (AvgIpc) is 2.51. The first kappa shape index (κ1) is 22.3. The molecule has 1 aliphatic rings. The van der Waals surface area contributed by atoms with Crippen molar-refractivity contribution in [3.8, 4) is 5.75 Å². The number of alkyl halides is 3. The van der Waals surface area contributed by atoms with Gasteiger partial charge in [-0.2, -0.15) is 13.2 Å². The van der Waals surface area contributed by atoms with E-state index >= 15 is 0 Å². The van der Waals surface area contributed by atoms with Crippen molar-refractivity contribution in [3.05, 3.63) is 23.8 Å². The van der Waals surface area contributed by atoms with Gasteiger partial charge in [0.05, 0.1) is 11.7 Å². The normalized spacial score (nSPS) is 17.8. The number of carbonyl (C=O) groups is 1. The molecule has 0 bridgehead atoms. The minimum atomic E-state index is -4.25. The Balaban J connectivity index is 2.19. The number of carbonyl (C=O) groups excluding carboxylic acids is 1. The number of anilines is 1. The minimum absolute atomic E-state index is 0.110. The molecule has 156 valence electrons. The van der Waals surface area contributed by atoms with Crippen LogP contribution in [0, 0.1) is 0 Å². The maximum atomic E-state index is 12.5. The van der Waals surface area contributed by atoms with E-state index in [1.54, 1.807) is 39.0 Å². The summed E-state index contributed by atoms with van der Waals surface area (Å²) in [5.41, 5.74) is 0.543. The van der Waals surface area contributed by atoms with Crippen LogP contribution < -0.4 is 15.4 Å². The Hall–Kier alpha value is -2.03. The molecule has 1 aromatic rings. The van der Waals surface area contributed by atoms with Crippen molar-refractivity contribution in [1.29, 1.82) is 0 Å². The summed E-state index contributed by atoms with van der Waals surface area (Å²) < 4.78 is 48.6. The van der Waals surface area contributed by atoms with Gasteiger partial charge in [-0.15, -0.1) is 0 Å². The highest BCUT2D eigenvalue weighted by molar-refractivity contribution is 7.80. The van der Waals surface area contributed by atoms with Crippen LogP contribution in [-0.2, 0) is 4.74 Å². The molecule has 0 spiro atoms. The highest BCUT2D eigenvalue weighted by Crippen LogP contribution is 2.34. The average molecular weight is 418 g/mol. The molecule has 0 aliphatic carbocycles. The molecule has 9 heteroatoms. The molecule has 1 heterocycles. The van der Waals surface area contributed by atoms with Gasteiger partial charge in [0, 0.05) is 6.42 Å². The summed E-state index contributed by atoms with van der Waals surface area (Å²) in [4.78, 5) is 12.7. The molecule has 1 unspecified atom stereocenters. The van der Waals surface area contributed by atoms with E-state index in [-0.39, 0.29) is 18.9 Å². The SMILES string of the molecule is C[C@H]1Oc2ccc(C(CCCC(F)(F)F)NC(=O)OC(C)(C)C)cc2NC1=S. The van der Waals surface area contributed by atoms with Crippen LogP contribution in [0.3, 0.4) is 0 Å². The number of alkyl carbamates (subject to hydrolysis) is 1. The number of hydrogen-bond donors (Lipinski definition) is 2. The predicted molar refractivity (Wildman–Crippen MR) is 105 cm³/mol. The van der Waals surface area contributed by atoms with Gasteiger partial charge in [0.2, 0.25) is 0 Å². The monoisotopic (exact) mass is 418 g/mol. The summed E-state index contributed by atoms with van der Waals surface area (Å²) in [6.07, 6.45) is -6.14. The Labute approximate surface area is 168 Å². The Morgan fingerprint density at radius 2 is 2.04 bits per heavy atom. The number of hydrogen-bond acceptors (Lipinski definition) is 4. The van der Waals surface area contributed by atoms with Gasteiger partial charge in [-0.05, 0) is 58.2 Å². The highest BCUT2D eigenvalue weighted by Gasteiger charge is 2.28. The third-order valence-corrected chi connectivity index (χ3v) is 4.41. The molecule has 0 aromatic heterocycles. The fourth-order valence-corrected chi connectivity index (χ4v) is 2.88. The smallest absolute Gasteiger partial charge is 0.408 e. The van der Waals surface area contributed by atoms with Gasteiger partial charge in [-0.1, -0.05) is 18.3 Å². The number of ether oxygens (including phenoxy) is 2. The lowest BCUT2D eigenvalue weighted by Gasteiger charge is -2.28. The first-order valence-corrected chi connectivity index (χ1v) is 9.42. The maximum Gasteiger partial charge on any atom is 0.408 e. The van der Waals surface area contributed by atoms with Crippen molar-refractivity contribution in [2.75, 3.05) is 5.32 Å². The minimum Gasteiger partial charge on any atom is -0.481 e. The number of halogens is 3. The number of rotatable bonds is 5. The molecule has 0 radical (unpaired) electrons. The summed E-state index contributed by atoms with van der Waals surface area (Å²) in [5, 5.41) is 5.73. The molecule has 1 amide bonds. The van der Waals surface area contributed by atoms with Crippen LogP contribution in [0.15, 0.2) is 18.2 Å². The van der Waals surface area contributed by atoms with Crippen LogP contribution in [0.4, 0.5) is 23.7 Å². The topological polar surface area (TPSA) is 59.6 Å². The van der Waals surface area contributed by atoms with E-state index in [4.69, 9.17) is 21.7 Å². The van der Waals surface area contributed by atoms with Gasteiger partial charge in [-0.3, -0.25) is 0 Å². The second-order valence-corrected chi connectivity index (χ2v) is 8.15. The van der Waals surface area contributed by atoms with Gasteiger partial charge in [-0.25, -0.2) is 4.79 Å². The number of thiocarbonyl (C=S) groups is 1. The van der Waals surface area contributed by atoms with Crippen molar-refractivity contribution in [1.82, 2.24) is 5.32 Å². The molecule has 2 atom stereocenters. The molecule has 2 rings (SSSR count). The van der Waals surface area contributed by atoms with Gasteiger partial charge >= 0.3 is 12.3 Å². The summed E-state index contributed by atoms with van der Waals surface area (Å²) in [7, 11) is 0. The van der Waals surface area contributed by atoms with Crippen LogP contribution in [-0.4, -0.2) is 29.0 Å². The highest BCUT2D eigenvalue weighted by atomic mass is 32.1. The number of nitrogens with one attached hydrogen (secondary N) is 2. The van der Waals surface area contributed by atoms with Crippen LogP contribution in [0.5, 0.6) is 5.75 Å². The van der Waals surface area contributed by atoms with Crippen molar-refractivity contribution in [2.45, 2.75) is 70.9 Å². The van der Waals surface area contributed by atoms with Gasteiger partial charge in [0.15, 0.2) is 0 Å². The zero-order chi connectivity index (χ0) is 21.1. The number of amides is 1. The van der Waals surface area contributed by atoms with E-state index in [2.05, 4.69) is 10.6 Å². The molecular formula is C19H25F3N2O3S. The van der Waals surface area contributed by atoms with Gasteiger partial charge in [0.1, 0.15) is 22.4 Å². The molecule has 1 aromatic carbocycles. The molecular weight excluding hydrogens is 393 g/mol. The van der Waals surface area contributed by atoms with Crippen LogP contribution in [0.2, 0.25) is 0 Å². The van der Waals surface area contributed by atoms with Gasteiger partial charge < -0.3 is 20.1 Å². The van der Waals surface area contributed by atoms with E-state index in [1.165, 1.54) is 0 Å². The van der Waals surface area contributed by atoms with Crippen molar-refractivity contribution >= 4 is 29.0 Å². The van der Waals surface area contributed by atoms with Crippen molar-refractivity contribution in [2.24, 2.45) is 0 Å². The largest absolute Gasteiger partial charge is 0.481 e. The maximum absolute atomic E-state index is 12.5. The standard InChI is InChI=1S/C19H25F3N2O3S/c1-11-16(28)23-14-10-12(7-8-15(14)26-11)13(6-5-9-19(20,21)22)24-17(25)27-18(2,3)4/h7-8,10-11,13H,5-6,9H2,1-4H3,(H,23,28)(H,24,25)/t11-,13?/m1/s1. The van der Waals surface area contributed by atoms with E-state index in [0.29, 0.717) is 22.0 Å². The number of benzene rings is 1. The Morgan fingerprint density at radius 1 is 1.36 bits per heavy atom. The second-order valence-electron chi connectivity index (χ2n) is 7.71. The quantitative estimate of drug-likeness (QED) is 0.618. The molecule has 5 nitrogen and oxygen atoms in total. The van der Waals surface area contributed by atoms with Gasteiger partial charge in [0.25, 0.3) is 0 Å². The lowest BCUT2D eigenvalue weighted by Crippen LogP contribution is -2.35. The van der Waals surface area contributed by atoms with Crippen LogP contribution >= 0.6 is 12.2 Å².